The predicted octanol–water partition coefficient (Wildman–Crippen LogP) is 2.22. The summed E-state index contributed by atoms with van der Waals surface area (Å²) in [5, 5.41) is 2.82. The molecule has 0 spiro atoms. The van der Waals surface area contributed by atoms with Crippen LogP contribution < -0.4 is 15.1 Å². The molecule has 5 nitrogen and oxygen atoms in total. The first-order valence-corrected chi connectivity index (χ1v) is 6.21. The van der Waals surface area contributed by atoms with Crippen molar-refractivity contribution in [3.8, 4) is 0 Å². The van der Waals surface area contributed by atoms with Crippen LogP contribution in [0.25, 0.3) is 0 Å². The van der Waals surface area contributed by atoms with Crippen LogP contribution >= 0.6 is 0 Å². The van der Waals surface area contributed by atoms with E-state index in [9.17, 15) is 9.59 Å². The SMILES string of the molecule is CC(=O)N(C)c1ccc(N(C)C(=O)NC(C)C)cc1. The van der Waals surface area contributed by atoms with E-state index in [1.54, 1.807) is 19.0 Å². The predicted molar refractivity (Wildman–Crippen MR) is 77.6 cm³/mol. The van der Waals surface area contributed by atoms with Crippen LogP contribution in [0.2, 0.25) is 0 Å². The maximum atomic E-state index is 11.8. The molecule has 104 valence electrons. The van der Waals surface area contributed by atoms with Crippen molar-refractivity contribution in [2.75, 3.05) is 23.9 Å². The number of nitrogens with one attached hydrogen (secondary N) is 1. The van der Waals surface area contributed by atoms with E-state index in [-0.39, 0.29) is 18.0 Å². The van der Waals surface area contributed by atoms with Gasteiger partial charge >= 0.3 is 6.03 Å². The summed E-state index contributed by atoms with van der Waals surface area (Å²) in [6.07, 6.45) is 0. The third kappa shape index (κ3) is 3.98. The lowest BCUT2D eigenvalue weighted by atomic mass is 10.2. The number of carbonyl (C=O) groups is 2. The molecule has 1 N–H and O–H groups in total. The van der Waals surface area contributed by atoms with Crippen molar-refractivity contribution < 1.29 is 9.59 Å². The van der Waals surface area contributed by atoms with Crippen LogP contribution in [-0.2, 0) is 4.79 Å². The first-order valence-electron chi connectivity index (χ1n) is 6.21. The highest BCUT2D eigenvalue weighted by atomic mass is 16.2. The van der Waals surface area contributed by atoms with E-state index >= 15 is 0 Å². The van der Waals surface area contributed by atoms with Crippen LogP contribution in [0.3, 0.4) is 0 Å². The van der Waals surface area contributed by atoms with E-state index in [1.807, 2.05) is 38.1 Å². The molecule has 1 aromatic carbocycles. The molecule has 0 bridgehead atoms. The molecule has 0 heterocycles. The molecule has 0 radical (unpaired) electrons. The third-order valence-electron chi connectivity index (χ3n) is 2.81. The Bertz CT molecular complexity index is 454. The van der Waals surface area contributed by atoms with Crippen LogP contribution in [0.1, 0.15) is 20.8 Å². The summed E-state index contributed by atoms with van der Waals surface area (Å²) in [6.45, 7) is 5.34. The zero-order chi connectivity index (χ0) is 14.6. The molecule has 0 atom stereocenters. The van der Waals surface area contributed by atoms with E-state index in [2.05, 4.69) is 5.32 Å². The van der Waals surface area contributed by atoms with E-state index in [1.165, 1.54) is 11.8 Å². The molecule has 0 fully saturated rings. The lowest BCUT2D eigenvalue weighted by molar-refractivity contribution is -0.116. The monoisotopic (exact) mass is 263 g/mol. The van der Waals surface area contributed by atoms with Gasteiger partial charge in [0.15, 0.2) is 0 Å². The van der Waals surface area contributed by atoms with Crippen molar-refractivity contribution in [1.82, 2.24) is 5.32 Å². The topological polar surface area (TPSA) is 52.7 Å². The van der Waals surface area contributed by atoms with Crippen molar-refractivity contribution in [2.45, 2.75) is 26.8 Å². The van der Waals surface area contributed by atoms with Crippen molar-refractivity contribution in [3.63, 3.8) is 0 Å². The Morgan fingerprint density at radius 3 is 1.79 bits per heavy atom. The summed E-state index contributed by atoms with van der Waals surface area (Å²) in [4.78, 5) is 26.2. The number of urea groups is 1. The Balaban J connectivity index is 2.81. The van der Waals surface area contributed by atoms with Crippen LogP contribution in [0.5, 0.6) is 0 Å². The number of nitrogens with zero attached hydrogens (tertiary/aromatic N) is 2. The van der Waals surface area contributed by atoms with Gasteiger partial charge < -0.3 is 10.2 Å². The highest BCUT2D eigenvalue weighted by molar-refractivity contribution is 5.93. The zero-order valence-corrected chi connectivity index (χ0v) is 12.1. The van der Waals surface area contributed by atoms with Crippen molar-refractivity contribution in [2.24, 2.45) is 0 Å². The summed E-state index contributed by atoms with van der Waals surface area (Å²) in [5.41, 5.74) is 1.58. The van der Waals surface area contributed by atoms with Gasteiger partial charge in [-0.05, 0) is 38.1 Å². The standard InChI is InChI=1S/C14H21N3O2/c1-10(2)15-14(19)17(5)13-8-6-12(7-9-13)16(4)11(3)18/h6-10H,1-5H3,(H,15,19). The number of hydrogen-bond acceptors (Lipinski definition) is 2. The summed E-state index contributed by atoms with van der Waals surface area (Å²) < 4.78 is 0. The average Bonchev–Trinajstić information content (AvgIpc) is 2.36. The minimum atomic E-state index is -0.150. The molecular formula is C14H21N3O2. The van der Waals surface area contributed by atoms with Crippen molar-refractivity contribution in [1.29, 1.82) is 0 Å². The van der Waals surface area contributed by atoms with Gasteiger partial charge in [-0.1, -0.05) is 0 Å². The second-order valence-electron chi connectivity index (χ2n) is 4.76. The molecule has 0 aliphatic heterocycles. The molecule has 0 saturated carbocycles. The van der Waals surface area contributed by atoms with E-state index < -0.39 is 0 Å². The van der Waals surface area contributed by atoms with E-state index in [0.717, 1.165) is 11.4 Å². The highest BCUT2D eigenvalue weighted by Gasteiger charge is 2.12. The number of rotatable bonds is 3. The fraction of sp³-hybridized carbons (Fsp3) is 0.429. The van der Waals surface area contributed by atoms with Gasteiger partial charge in [-0.3, -0.25) is 9.69 Å². The lowest BCUT2D eigenvalue weighted by Crippen LogP contribution is -2.40. The maximum absolute atomic E-state index is 11.8. The highest BCUT2D eigenvalue weighted by Crippen LogP contribution is 2.19. The maximum Gasteiger partial charge on any atom is 0.321 e. The molecule has 1 aromatic rings. The van der Waals surface area contributed by atoms with Gasteiger partial charge in [0.05, 0.1) is 0 Å². The Kier molecular flexibility index (Phi) is 4.92. The Morgan fingerprint density at radius 1 is 1.00 bits per heavy atom. The molecule has 1 rings (SSSR count). The lowest BCUT2D eigenvalue weighted by Gasteiger charge is -2.21. The van der Waals surface area contributed by atoms with Crippen molar-refractivity contribution >= 4 is 23.3 Å². The van der Waals surface area contributed by atoms with Gasteiger partial charge in [-0.2, -0.15) is 0 Å². The first kappa shape index (κ1) is 15.0. The van der Waals surface area contributed by atoms with Crippen LogP contribution in [0.4, 0.5) is 16.2 Å². The van der Waals surface area contributed by atoms with Crippen molar-refractivity contribution in [3.05, 3.63) is 24.3 Å². The Hall–Kier alpha value is -2.04. The smallest absolute Gasteiger partial charge is 0.321 e. The molecule has 0 unspecified atom stereocenters. The Labute approximate surface area is 114 Å². The third-order valence-corrected chi connectivity index (χ3v) is 2.81. The van der Waals surface area contributed by atoms with E-state index in [0.29, 0.717) is 0 Å². The van der Waals surface area contributed by atoms with E-state index in [4.69, 9.17) is 0 Å². The number of carbonyl (C=O) groups excluding carboxylic acids is 2. The van der Waals surface area contributed by atoms with Crippen LogP contribution in [0.15, 0.2) is 24.3 Å². The van der Waals surface area contributed by atoms with Crippen LogP contribution in [-0.4, -0.2) is 32.1 Å². The van der Waals surface area contributed by atoms with Gasteiger partial charge in [0, 0.05) is 38.4 Å². The largest absolute Gasteiger partial charge is 0.336 e. The second-order valence-corrected chi connectivity index (χ2v) is 4.76. The second kappa shape index (κ2) is 6.22. The van der Waals surface area contributed by atoms with Crippen LogP contribution in [0, 0.1) is 0 Å². The normalized spacial score (nSPS) is 10.2. The molecule has 5 heteroatoms. The molecular weight excluding hydrogens is 242 g/mol. The summed E-state index contributed by atoms with van der Waals surface area (Å²) >= 11 is 0. The number of benzene rings is 1. The van der Waals surface area contributed by atoms with Gasteiger partial charge in [0.25, 0.3) is 0 Å². The molecule has 0 aromatic heterocycles. The fourth-order valence-corrected chi connectivity index (χ4v) is 1.54. The van der Waals surface area contributed by atoms with Gasteiger partial charge in [0.1, 0.15) is 0 Å². The molecule has 0 aliphatic rings. The number of amides is 3. The molecule has 0 aliphatic carbocycles. The van der Waals surface area contributed by atoms with Gasteiger partial charge in [-0.25, -0.2) is 4.79 Å². The summed E-state index contributed by atoms with van der Waals surface area (Å²) in [7, 11) is 3.42. The number of hydrogen-bond donors (Lipinski definition) is 1. The average molecular weight is 263 g/mol. The van der Waals surface area contributed by atoms with Gasteiger partial charge in [0.2, 0.25) is 5.91 Å². The zero-order valence-electron chi connectivity index (χ0n) is 12.1. The minimum absolute atomic E-state index is 0.0290. The molecule has 0 saturated heterocycles. The first-order chi connectivity index (χ1) is 8.82. The molecule has 19 heavy (non-hydrogen) atoms. The quantitative estimate of drug-likeness (QED) is 0.909. The number of anilines is 2. The Morgan fingerprint density at radius 2 is 1.42 bits per heavy atom. The summed E-state index contributed by atoms with van der Waals surface area (Å²) in [5.74, 6) is -0.0290. The molecule has 3 amide bonds. The fourth-order valence-electron chi connectivity index (χ4n) is 1.54. The summed E-state index contributed by atoms with van der Waals surface area (Å²) in [6, 6.07) is 7.20. The minimum Gasteiger partial charge on any atom is -0.336 e. The van der Waals surface area contributed by atoms with Gasteiger partial charge in [-0.15, -0.1) is 0 Å².